The van der Waals surface area contributed by atoms with E-state index in [1.54, 1.807) is 0 Å². The van der Waals surface area contributed by atoms with Crippen molar-refractivity contribution in [3.8, 4) is 5.75 Å². The minimum atomic E-state index is -0.772. The summed E-state index contributed by atoms with van der Waals surface area (Å²) < 4.78 is 5.17. The van der Waals surface area contributed by atoms with Crippen LogP contribution in [0.1, 0.15) is 69.6 Å². The minimum absolute atomic E-state index is 0.0363. The molecule has 1 aromatic carbocycles. The first-order chi connectivity index (χ1) is 12.7. The number of phenolic OH excluding ortho intramolecular Hbond substituents is 1. The maximum absolute atomic E-state index is 11.3. The van der Waals surface area contributed by atoms with Crippen molar-refractivity contribution >= 4 is 5.97 Å². The molecule has 1 atom stereocenters. The van der Waals surface area contributed by atoms with Crippen molar-refractivity contribution in [1.29, 1.82) is 0 Å². The minimum Gasteiger partial charge on any atom is -0.507 e. The normalized spacial score (nSPS) is 12.9. The predicted molar refractivity (Wildman–Crippen MR) is 107 cm³/mol. The molecular formula is C22H36O5. The van der Waals surface area contributed by atoms with Crippen molar-refractivity contribution in [2.75, 3.05) is 19.8 Å². The number of carboxylic acids is 1. The van der Waals surface area contributed by atoms with Crippen molar-refractivity contribution in [2.45, 2.75) is 71.6 Å². The van der Waals surface area contributed by atoms with E-state index in [-0.39, 0.29) is 24.5 Å². The van der Waals surface area contributed by atoms with Crippen LogP contribution >= 0.6 is 0 Å². The number of unbranched alkanes of at least 4 members (excludes halogenated alkanes) is 2. The summed E-state index contributed by atoms with van der Waals surface area (Å²) in [5, 5.41) is 28.3. The van der Waals surface area contributed by atoms with Crippen LogP contribution in [0.4, 0.5) is 0 Å². The van der Waals surface area contributed by atoms with Gasteiger partial charge >= 0.3 is 5.97 Å². The van der Waals surface area contributed by atoms with E-state index in [4.69, 9.17) is 9.84 Å². The lowest BCUT2D eigenvalue weighted by Gasteiger charge is -2.22. The molecule has 27 heavy (non-hydrogen) atoms. The summed E-state index contributed by atoms with van der Waals surface area (Å²) in [4.78, 5) is 11.3. The number of aliphatic carboxylic acids is 1. The number of aliphatic hydroxyl groups excluding tert-OH is 1. The Balaban J connectivity index is 2.45. The monoisotopic (exact) mass is 380 g/mol. The molecule has 1 unspecified atom stereocenters. The number of phenols is 1. The fraction of sp³-hybridized carbons (Fsp3) is 0.682. The second-order valence-corrected chi connectivity index (χ2v) is 8.32. The fourth-order valence-corrected chi connectivity index (χ4v) is 3.25. The second kappa shape index (κ2) is 11.3. The number of carboxylic acid groups (broad SMARTS) is 1. The first-order valence-electron chi connectivity index (χ1n) is 9.91. The van der Waals surface area contributed by atoms with Gasteiger partial charge in [0.15, 0.2) is 0 Å². The van der Waals surface area contributed by atoms with Crippen molar-refractivity contribution < 1.29 is 24.9 Å². The van der Waals surface area contributed by atoms with E-state index in [2.05, 4.69) is 26.8 Å². The average Bonchev–Trinajstić information content (AvgIpc) is 2.58. The molecule has 0 heterocycles. The summed E-state index contributed by atoms with van der Waals surface area (Å²) in [5.74, 6) is -0.766. The summed E-state index contributed by atoms with van der Waals surface area (Å²) in [6, 6.07) is 4.14. The van der Waals surface area contributed by atoms with Crippen LogP contribution in [0, 0.1) is 12.8 Å². The van der Waals surface area contributed by atoms with Gasteiger partial charge in [-0.25, -0.2) is 0 Å². The lowest BCUT2D eigenvalue weighted by atomic mass is 9.83. The van der Waals surface area contributed by atoms with Gasteiger partial charge in [0, 0.05) is 6.61 Å². The molecule has 0 bridgehead atoms. The molecule has 5 heteroatoms. The summed E-state index contributed by atoms with van der Waals surface area (Å²) in [6.07, 6.45) is 4.93. The van der Waals surface area contributed by atoms with E-state index < -0.39 is 5.97 Å². The zero-order chi connectivity index (χ0) is 20.4. The topological polar surface area (TPSA) is 87.0 Å². The lowest BCUT2D eigenvalue weighted by molar-refractivity contribution is -0.142. The molecule has 1 rings (SSSR count). The van der Waals surface area contributed by atoms with Crippen LogP contribution in [0.2, 0.25) is 0 Å². The zero-order valence-corrected chi connectivity index (χ0v) is 17.3. The van der Waals surface area contributed by atoms with Crippen molar-refractivity contribution in [1.82, 2.24) is 0 Å². The molecule has 0 radical (unpaired) electrons. The third-order valence-corrected chi connectivity index (χ3v) is 4.88. The van der Waals surface area contributed by atoms with Gasteiger partial charge in [0.1, 0.15) is 5.75 Å². The van der Waals surface area contributed by atoms with Crippen LogP contribution in [-0.2, 0) is 21.4 Å². The Morgan fingerprint density at radius 2 is 1.81 bits per heavy atom. The van der Waals surface area contributed by atoms with Gasteiger partial charge < -0.3 is 20.1 Å². The summed E-state index contributed by atoms with van der Waals surface area (Å²) in [5.41, 5.74) is 3.01. The number of aliphatic hydroxyl groups is 1. The number of hydrogen-bond donors (Lipinski definition) is 3. The molecule has 0 spiro atoms. The molecule has 0 fully saturated rings. The van der Waals surface area contributed by atoms with E-state index >= 15 is 0 Å². The Bertz CT molecular complexity index is 589. The number of hydrogen-bond acceptors (Lipinski definition) is 4. The molecule has 0 aliphatic carbocycles. The Morgan fingerprint density at radius 1 is 1.11 bits per heavy atom. The maximum atomic E-state index is 11.3. The van der Waals surface area contributed by atoms with Gasteiger partial charge in [-0.05, 0) is 54.7 Å². The molecular weight excluding hydrogens is 344 g/mol. The van der Waals surface area contributed by atoms with Crippen molar-refractivity contribution in [3.05, 3.63) is 28.8 Å². The zero-order valence-electron chi connectivity index (χ0n) is 17.3. The van der Waals surface area contributed by atoms with Gasteiger partial charge in [-0.1, -0.05) is 45.7 Å². The van der Waals surface area contributed by atoms with Crippen LogP contribution in [0.25, 0.3) is 0 Å². The number of aryl methyl sites for hydroxylation is 2. The third kappa shape index (κ3) is 8.31. The van der Waals surface area contributed by atoms with Gasteiger partial charge in [0.2, 0.25) is 0 Å². The van der Waals surface area contributed by atoms with E-state index in [9.17, 15) is 15.0 Å². The molecule has 0 aliphatic rings. The molecule has 3 N–H and O–H groups in total. The van der Waals surface area contributed by atoms with Crippen molar-refractivity contribution in [2.24, 2.45) is 5.92 Å². The molecule has 0 amide bonds. The molecule has 154 valence electrons. The first-order valence-corrected chi connectivity index (χ1v) is 9.91. The summed E-state index contributed by atoms with van der Waals surface area (Å²) >= 11 is 0. The summed E-state index contributed by atoms with van der Waals surface area (Å²) in [7, 11) is 0. The maximum Gasteiger partial charge on any atom is 0.306 e. The number of carbonyl (C=O) groups is 1. The predicted octanol–water partition coefficient (Wildman–Crippen LogP) is 4.20. The average molecular weight is 381 g/mol. The largest absolute Gasteiger partial charge is 0.507 e. The Hall–Kier alpha value is -1.59. The third-order valence-electron chi connectivity index (χ3n) is 4.88. The van der Waals surface area contributed by atoms with Crippen LogP contribution in [0.5, 0.6) is 5.75 Å². The smallest absolute Gasteiger partial charge is 0.306 e. The molecule has 0 aromatic heterocycles. The number of benzene rings is 1. The lowest BCUT2D eigenvalue weighted by Crippen LogP contribution is -2.16. The molecule has 0 saturated carbocycles. The summed E-state index contributed by atoms with van der Waals surface area (Å²) in [6.45, 7) is 8.83. The van der Waals surface area contributed by atoms with Gasteiger partial charge in [0.05, 0.1) is 19.1 Å². The van der Waals surface area contributed by atoms with Crippen LogP contribution in [-0.4, -0.2) is 41.1 Å². The number of aromatic hydroxyl groups is 1. The van der Waals surface area contributed by atoms with Crippen molar-refractivity contribution in [3.63, 3.8) is 0 Å². The molecule has 0 aliphatic heterocycles. The highest BCUT2D eigenvalue weighted by Crippen LogP contribution is 2.34. The Kier molecular flexibility index (Phi) is 9.81. The first kappa shape index (κ1) is 23.4. The van der Waals surface area contributed by atoms with Crippen LogP contribution in [0.3, 0.4) is 0 Å². The Labute approximate surface area is 163 Å². The number of rotatable bonds is 12. The standard InChI is InChI=1S/C22H36O5/c1-16-14-17(15-19(20(16)24)22(2,3)4)8-6-5-7-9-18(21(25)26)10-12-27-13-11-23/h14-15,18,23-24H,5-13H2,1-4H3,(H,25,26). The Morgan fingerprint density at radius 3 is 2.41 bits per heavy atom. The van der Waals surface area contributed by atoms with E-state index in [1.165, 1.54) is 5.56 Å². The molecule has 5 nitrogen and oxygen atoms in total. The quantitative estimate of drug-likeness (QED) is 0.473. The van der Waals surface area contributed by atoms with E-state index in [0.717, 1.165) is 36.8 Å². The number of ether oxygens (including phenoxy) is 1. The second-order valence-electron chi connectivity index (χ2n) is 8.32. The highest BCUT2D eigenvalue weighted by atomic mass is 16.5. The van der Waals surface area contributed by atoms with E-state index in [1.807, 2.05) is 13.0 Å². The fourth-order valence-electron chi connectivity index (χ4n) is 3.25. The van der Waals surface area contributed by atoms with Gasteiger partial charge in [-0.2, -0.15) is 0 Å². The molecule has 1 aromatic rings. The van der Waals surface area contributed by atoms with Crippen LogP contribution in [0.15, 0.2) is 12.1 Å². The van der Waals surface area contributed by atoms with Crippen LogP contribution < -0.4 is 0 Å². The highest BCUT2D eigenvalue weighted by Gasteiger charge is 2.20. The molecule has 0 saturated heterocycles. The highest BCUT2D eigenvalue weighted by molar-refractivity contribution is 5.69. The SMILES string of the molecule is Cc1cc(CCCCCC(CCOCCO)C(=O)O)cc(C(C)(C)C)c1O. The van der Waals surface area contributed by atoms with Gasteiger partial charge in [-0.3, -0.25) is 4.79 Å². The van der Waals surface area contributed by atoms with Gasteiger partial charge in [-0.15, -0.1) is 0 Å². The van der Waals surface area contributed by atoms with E-state index in [0.29, 0.717) is 25.2 Å². The van der Waals surface area contributed by atoms with Gasteiger partial charge in [0.25, 0.3) is 0 Å².